The monoisotopic (exact) mass is 1290 g/mol. The molecule has 0 saturated heterocycles. The van der Waals surface area contributed by atoms with Gasteiger partial charge >= 0.3 is 5.70 Å². The van der Waals surface area contributed by atoms with Gasteiger partial charge in [-0.2, -0.15) is 0 Å². The number of nitro benzene ring substituents is 1. The van der Waals surface area contributed by atoms with Crippen LogP contribution < -0.4 is 10.2 Å². The zero-order valence-corrected chi connectivity index (χ0v) is 41.7. The molecular formula is C39H20BBr6N2O14S2-4. The number of carbonyl (C=O) groups is 2. The molecular weight excluding hydrogens is 1270 g/mol. The van der Waals surface area contributed by atoms with E-state index in [1.807, 2.05) is 0 Å². The number of Topliss-reactive ketones (excluding diaryl/α,β-unsaturated/α-hetero) is 1. The van der Waals surface area contributed by atoms with Gasteiger partial charge in [-0.25, -0.2) is 16.8 Å². The number of nitro groups is 2. The molecule has 0 N–H and O–H groups in total. The Balaban J connectivity index is 0.000000353. The number of nitrogens with zero attached hydrogens (tertiary/aromatic N) is 2. The second-order valence-corrected chi connectivity index (χ2v) is 19.8. The summed E-state index contributed by atoms with van der Waals surface area (Å²) in [5.74, 6) is -2.38. The van der Waals surface area contributed by atoms with E-state index in [1.165, 1.54) is 42.5 Å². The highest BCUT2D eigenvalue weighted by Gasteiger charge is 2.33. The smallest absolute Gasteiger partial charge is 0.318 e. The predicted molar refractivity (Wildman–Crippen MR) is 251 cm³/mol. The second-order valence-electron chi connectivity index (χ2n) is 12.3. The number of allylic oxidation sites excluding steroid dienone is 9. The van der Waals surface area contributed by atoms with E-state index in [0.717, 1.165) is 24.3 Å². The van der Waals surface area contributed by atoms with Gasteiger partial charge in [0.1, 0.15) is 20.2 Å². The summed E-state index contributed by atoms with van der Waals surface area (Å²) in [7, 11) is -9.99. The predicted octanol–water partition coefficient (Wildman–Crippen LogP) is 8.63. The van der Waals surface area contributed by atoms with E-state index in [2.05, 4.69) is 95.6 Å². The zero-order valence-electron chi connectivity index (χ0n) is 30.5. The standard InChI is InChI=1S/C19H6Br6N2O9S.C19H14O5S.CH4.B/c20-7-1-5(3-9(17(7)28)26(30)31)11(6-2-8(21)18(29)10(4-6)27(32)33)12-13(22)14(23)15(24)16(25)19(12)37(34,35)36;20-15-9-5-13(6-10-15)19(14-7-11-16(21)12-8-14)17-3-1-2-4-18(17)25(22,23)24;;/h1-4,28H,(H,34,35,36);1-12,20H,(H,22,23,24);1H4;/p-4/b11-6+;;;. The number of hydrogen-bond donors (Lipinski definition) is 0. The lowest BCUT2D eigenvalue weighted by atomic mass is 9.90. The van der Waals surface area contributed by atoms with Gasteiger partial charge in [0.05, 0.1) is 28.6 Å². The van der Waals surface area contributed by atoms with Crippen molar-refractivity contribution in [2.75, 3.05) is 0 Å². The zero-order chi connectivity index (χ0) is 46.2. The first-order chi connectivity index (χ1) is 28.8. The third kappa shape index (κ3) is 11.6. The number of hydrogen-bond acceptors (Lipinski definition) is 14. The van der Waals surface area contributed by atoms with Crippen LogP contribution in [-0.2, 0) is 29.8 Å². The highest BCUT2D eigenvalue weighted by molar-refractivity contribution is 9.15. The van der Waals surface area contributed by atoms with Gasteiger partial charge in [0.2, 0.25) is 0 Å². The van der Waals surface area contributed by atoms with Crippen molar-refractivity contribution in [1.82, 2.24) is 0 Å². The molecule has 2 aliphatic carbocycles. The molecule has 0 amide bonds. The van der Waals surface area contributed by atoms with Gasteiger partial charge in [-0.1, -0.05) is 78.0 Å². The molecule has 2 aliphatic rings. The summed E-state index contributed by atoms with van der Waals surface area (Å²) in [5, 5.41) is 46.9. The van der Waals surface area contributed by atoms with Crippen LogP contribution in [0.4, 0.5) is 5.69 Å². The molecule has 0 saturated carbocycles. The van der Waals surface area contributed by atoms with E-state index in [-0.39, 0.29) is 87.0 Å². The van der Waals surface area contributed by atoms with Gasteiger partial charge in [-0.3, -0.25) is 29.8 Å². The SMILES string of the molecule is C.O=C1C(Br)=C/C(=C(/c2cc(Br)c([O-])c([N+](=O)[O-])c2)c2c(Br)c(Br)c(Br)c(Br)c2S(=O)(=O)[O-])C=C1[N+](=O)[O-].O=C1C=CC(=C(c2ccc([O-])cc2)c2ccccc2S(=O)(=O)[O-])C=C1.[B]. The summed E-state index contributed by atoms with van der Waals surface area (Å²) in [6, 6.07) is 13.6. The third-order valence-electron chi connectivity index (χ3n) is 8.45. The van der Waals surface area contributed by atoms with Gasteiger partial charge in [0.25, 0.3) is 11.5 Å². The fourth-order valence-electron chi connectivity index (χ4n) is 5.85. The molecule has 0 bridgehead atoms. The van der Waals surface area contributed by atoms with Crippen molar-refractivity contribution in [3.8, 4) is 11.5 Å². The van der Waals surface area contributed by atoms with Crippen LogP contribution in [0.3, 0.4) is 0 Å². The molecule has 0 spiro atoms. The Hall–Kier alpha value is -4.18. The lowest BCUT2D eigenvalue weighted by Gasteiger charge is -2.24. The average molecular weight is 1290 g/mol. The Morgan fingerprint density at radius 2 is 1.19 bits per heavy atom. The van der Waals surface area contributed by atoms with Crippen LogP contribution in [0.25, 0.3) is 11.1 Å². The van der Waals surface area contributed by atoms with Crippen LogP contribution in [0.1, 0.15) is 29.7 Å². The summed E-state index contributed by atoms with van der Waals surface area (Å²) in [6.07, 6.45) is 7.75. The minimum Gasteiger partial charge on any atom is -0.872 e. The minimum atomic E-state index is -5.29. The van der Waals surface area contributed by atoms with Crippen molar-refractivity contribution in [3.63, 3.8) is 0 Å². The van der Waals surface area contributed by atoms with E-state index < -0.39 is 57.9 Å². The second kappa shape index (κ2) is 21.4. The lowest BCUT2D eigenvalue weighted by molar-refractivity contribution is -0.418. The van der Waals surface area contributed by atoms with E-state index in [0.29, 0.717) is 16.7 Å². The Morgan fingerprint density at radius 3 is 1.72 bits per heavy atom. The van der Waals surface area contributed by atoms with Crippen LogP contribution in [0.2, 0.25) is 0 Å². The van der Waals surface area contributed by atoms with Crippen molar-refractivity contribution >= 4 is 153 Å². The van der Waals surface area contributed by atoms with Gasteiger partial charge < -0.3 is 19.3 Å². The molecule has 4 aromatic carbocycles. The average Bonchev–Trinajstić information content (AvgIpc) is 3.19. The minimum absolute atomic E-state index is 0. The van der Waals surface area contributed by atoms with Gasteiger partial charge in [-0.15, -0.1) is 5.75 Å². The van der Waals surface area contributed by atoms with Crippen LogP contribution in [0.15, 0.2) is 151 Å². The first-order valence-electron chi connectivity index (χ1n) is 16.3. The largest absolute Gasteiger partial charge is 0.872 e. The van der Waals surface area contributed by atoms with E-state index >= 15 is 0 Å². The summed E-state index contributed by atoms with van der Waals surface area (Å²) in [5.41, 5.74) is -0.995. The highest BCUT2D eigenvalue weighted by Crippen LogP contribution is 2.50. The van der Waals surface area contributed by atoms with E-state index in [4.69, 9.17) is 0 Å². The Morgan fingerprint density at radius 1 is 0.625 bits per heavy atom. The number of rotatable bonds is 8. The Labute approximate surface area is 416 Å². The first-order valence-corrected chi connectivity index (χ1v) is 23.9. The molecule has 0 atom stereocenters. The van der Waals surface area contributed by atoms with Gasteiger partial charge in [-0.05, 0) is 149 Å². The van der Waals surface area contributed by atoms with Crippen LogP contribution in [0, 0.1) is 20.2 Å². The topological polar surface area (TPSA) is 281 Å². The summed E-state index contributed by atoms with van der Waals surface area (Å²) >= 11 is 18.6. The van der Waals surface area contributed by atoms with Gasteiger partial charge in [0, 0.05) is 49.6 Å². The first kappa shape index (κ1) is 54.2. The quantitative estimate of drug-likeness (QED) is 0.0399. The molecule has 0 aliphatic heterocycles. The molecule has 0 aromatic heterocycles. The number of benzene rings is 4. The fourth-order valence-corrected chi connectivity index (χ4v) is 11.4. The highest BCUT2D eigenvalue weighted by atomic mass is 79.9. The molecule has 0 unspecified atom stereocenters. The van der Waals surface area contributed by atoms with Crippen molar-refractivity contribution < 1.29 is 55.6 Å². The van der Waals surface area contributed by atoms with Crippen LogP contribution in [-0.4, -0.2) is 55.8 Å². The third-order valence-corrected chi connectivity index (χ3v) is 16.5. The van der Waals surface area contributed by atoms with Crippen molar-refractivity contribution in [3.05, 3.63) is 183 Å². The molecule has 64 heavy (non-hydrogen) atoms. The molecule has 3 radical (unpaired) electrons. The normalized spacial score (nSPS) is 14.3. The Kier molecular flexibility index (Phi) is 18.1. The van der Waals surface area contributed by atoms with E-state index in [9.17, 15) is 66.0 Å². The number of halogens is 6. The molecule has 331 valence electrons. The molecule has 0 heterocycles. The molecule has 16 nitrogen and oxygen atoms in total. The van der Waals surface area contributed by atoms with Crippen molar-refractivity contribution in [2.24, 2.45) is 0 Å². The maximum atomic E-state index is 12.5. The summed E-state index contributed by atoms with van der Waals surface area (Å²) < 4.78 is 71.8. The molecule has 6 rings (SSSR count). The maximum Gasteiger partial charge on any atom is 0.318 e. The fraction of sp³-hybridized carbons (Fsp3) is 0.0256. The van der Waals surface area contributed by atoms with Crippen molar-refractivity contribution in [1.29, 1.82) is 0 Å². The van der Waals surface area contributed by atoms with Gasteiger partial charge in [0.15, 0.2) is 5.78 Å². The van der Waals surface area contributed by atoms with Crippen LogP contribution >= 0.6 is 95.6 Å². The van der Waals surface area contributed by atoms with E-state index in [1.54, 1.807) is 30.4 Å². The van der Waals surface area contributed by atoms with Crippen molar-refractivity contribution in [2.45, 2.75) is 17.2 Å². The summed E-state index contributed by atoms with van der Waals surface area (Å²) in [4.78, 5) is 43.7. The Bertz CT molecular complexity index is 3080. The molecule has 25 heteroatoms. The lowest BCUT2D eigenvalue weighted by Crippen LogP contribution is -2.16. The maximum absolute atomic E-state index is 12.5. The molecule has 0 fully saturated rings. The summed E-state index contributed by atoms with van der Waals surface area (Å²) in [6.45, 7) is 0. The number of carbonyl (C=O) groups excluding carboxylic acids is 2. The van der Waals surface area contributed by atoms with Crippen LogP contribution in [0.5, 0.6) is 11.5 Å². The number of ketones is 2. The molecule has 4 aromatic rings.